The summed E-state index contributed by atoms with van der Waals surface area (Å²) in [6.07, 6.45) is 0.626. The van der Waals surface area contributed by atoms with Gasteiger partial charge in [-0.25, -0.2) is 0 Å². The summed E-state index contributed by atoms with van der Waals surface area (Å²) in [6.45, 7) is 3.54. The van der Waals surface area contributed by atoms with Crippen LogP contribution < -0.4 is 0 Å². The van der Waals surface area contributed by atoms with E-state index in [2.05, 4.69) is 11.3 Å². The summed E-state index contributed by atoms with van der Waals surface area (Å²) in [5, 5.41) is 16.6. The molecule has 0 saturated carbocycles. The summed E-state index contributed by atoms with van der Waals surface area (Å²) in [6, 6.07) is 1.88. The van der Waals surface area contributed by atoms with Crippen molar-refractivity contribution in [3.05, 3.63) is 12.7 Å². The molecule has 0 aromatic heterocycles. The summed E-state index contributed by atoms with van der Waals surface area (Å²) in [5.41, 5.74) is 0. The SMILES string of the molecule is C=C[C@H](O)OCCC#N. The predicted octanol–water partition coefficient (Wildman–Crippen LogP) is 0.421. The van der Waals surface area contributed by atoms with Gasteiger partial charge in [-0.2, -0.15) is 5.26 Å². The van der Waals surface area contributed by atoms with Gasteiger partial charge in [-0.3, -0.25) is 0 Å². The van der Waals surface area contributed by atoms with Gasteiger partial charge in [-0.05, 0) is 6.08 Å². The summed E-state index contributed by atoms with van der Waals surface area (Å²) < 4.78 is 4.65. The molecule has 3 nitrogen and oxygen atoms in total. The highest BCUT2D eigenvalue weighted by molar-refractivity contribution is 4.72. The van der Waals surface area contributed by atoms with E-state index in [1.54, 1.807) is 0 Å². The van der Waals surface area contributed by atoms with E-state index in [4.69, 9.17) is 10.4 Å². The molecule has 0 spiro atoms. The maximum atomic E-state index is 8.63. The van der Waals surface area contributed by atoms with Gasteiger partial charge in [0.25, 0.3) is 0 Å². The van der Waals surface area contributed by atoms with Gasteiger partial charge >= 0.3 is 0 Å². The summed E-state index contributed by atoms with van der Waals surface area (Å²) in [5.74, 6) is 0. The molecular weight excluding hydrogens is 118 g/mol. The maximum Gasteiger partial charge on any atom is 0.173 e. The molecule has 0 amide bonds. The second-order valence-electron chi connectivity index (χ2n) is 1.41. The zero-order chi connectivity index (χ0) is 7.11. The molecular formula is C6H9NO2. The van der Waals surface area contributed by atoms with Gasteiger partial charge in [0, 0.05) is 0 Å². The van der Waals surface area contributed by atoms with Crippen molar-refractivity contribution in [3.8, 4) is 6.07 Å². The molecule has 1 atom stereocenters. The van der Waals surface area contributed by atoms with Crippen LogP contribution in [0.5, 0.6) is 0 Å². The van der Waals surface area contributed by atoms with Crippen molar-refractivity contribution in [2.24, 2.45) is 0 Å². The number of aliphatic hydroxyl groups is 1. The van der Waals surface area contributed by atoms with Gasteiger partial charge in [-0.1, -0.05) is 6.58 Å². The van der Waals surface area contributed by atoms with E-state index in [0.717, 1.165) is 0 Å². The molecule has 0 aliphatic carbocycles. The Balaban J connectivity index is 3.08. The van der Waals surface area contributed by atoms with E-state index >= 15 is 0 Å². The monoisotopic (exact) mass is 127 g/mol. The fraction of sp³-hybridized carbons (Fsp3) is 0.500. The summed E-state index contributed by atoms with van der Waals surface area (Å²) >= 11 is 0. The van der Waals surface area contributed by atoms with Crippen molar-refractivity contribution in [1.82, 2.24) is 0 Å². The van der Waals surface area contributed by atoms with Crippen molar-refractivity contribution < 1.29 is 9.84 Å². The summed E-state index contributed by atoms with van der Waals surface area (Å²) in [4.78, 5) is 0. The Labute approximate surface area is 54.2 Å². The minimum atomic E-state index is -0.932. The molecule has 0 saturated heterocycles. The third-order valence-corrected chi connectivity index (χ3v) is 0.704. The molecule has 0 aliphatic rings. The molecule has 0 heterocycles. The molecule has 1 N–H and O–H groups in total. The van der Waals surface area contributed by atoms with E-state index in [0.29, 0.717) is 6.42 Å². The van der Waals surface area contributed by atoms with Crippen LogP contribution >= 0.6 is 0 Å². The van der Waals surface area contributed by atoms with Gasteiger partial charge in [-0.15, -0.1) is 0 Å². The molecule has 0 rings (SSSR count). The second kappa shape index (κ2) is 5.29. The minimum Gasteiger partial charge on any atom is -0.365 e. The molecule has 0 aromatic rings. The number of hydrogen-bond acceptors (Lipinski definition) is 3. The molecule has 0 radical (unpaired) electrons. The lowest BCUT2D eigenvalue weighted by atomic mass is 10.5. The third kappa shape index (κ3) is 5.01. The smallest absolute Gasteiger partial charge is 0.173 e. The normalized spacial score (nSPS) is 12.0. The predicted molar refractivity (Wildman–Crippen MR) is 32.4 cm³/mol. The number of rotatable bonds is 4. The van der Waals surface area contributed by atoms with Crippen molar-refractivity contribution >= 4 is 0 Å². The molecule has 50 valence electrons. The van der Waals surface area contributed by atoms with Gasteiger partial charge in [0.05, 0.1) is 19.1 Å². The Morgan fingerprint density at radius 3 is 3.00 bits per heavy atom. The highest BCUT2D eigenvalue weighted by atomic mass is 16.6. The van der Waals surface area contributed by atoms with E-state index in [9.17, 15) is 0 Å². The van der Waals surface area contributed by atoms with Gasteiger partial charge in [0.15, 0.2) is 6.29 Å². The quantitative estimate of drug-likeness (QED) is 0.338. The Morgan fingerprint density at radius 1 is 1.89 bits per heavy atom. The average molecular weight is 127 g/mol. The maximum absolute atomic E-state index is 8.63. The Hall–Kier alpha value is -0.850. The van der Waals surface area contributed by atoms with Crippen LogP contribution in [0.1, 0.15) is 6.42 Å². The number of hydrogen-bond donors (Lipinski definition) is 1. The van der Waals surface area contributed by atoms with Crippen LogP contribution in [0.2, 0.25) is 0 Å². The molecule has 9 heavy (non-hydrogen) atoms. The topological polar surface area (TPSA) is 53.2 Å². The fourth-order valence-electron chi connectivity index (χ4n) is 0.293. The van der Waals surface area contributed by atoms with Crippen molar-refractivity contribution in [3.63, 3.8) is 0 Å². The van der Waals surface area contributed by atoms with Crippen molar-refractivity contribution in [2.75, 3.05) is 6.61 Å². The zero-order valence-corrected chi connectivity index (χ0v) is 5.08. The highest BCUT2D eigenvalue weighted by Crippen LogP contribution is 1.87. The van der Waals surface area contributed by atoms with E-state index in [-0.39, 0.29) is 6.61 Å². The molecule has 3 heteroatoms. The van der Waals surface area contributed by atoms with Gasteiger partial charge in [0.2, 0.25) is 0 Å². The van der Waals surface area contributed by atoms with Crippen LogP contribution in [0, 0.1) is 11.3 Å². The molecule has 0 unspecified atom stereocenters. The Bertz CT molecular complexity index is 117. The number of aliphatic hydroxyl groups excluding tert-OH is 1. The van der Waals surface area contributed by atoms with E-state index in [1.165, 1.54) is 6.08 Å². The molecule has 0 fully saturated rings. The van der Waals surface area contributed by atoms with Crippen LogP contribution in [0.4, 0.5) is 0 Å². The van der Waals surface area contributed by atoms with Crippen LogP contribution in [0.3, 0.4) is 0 Å². The van der Waals surface area contributed by atoms with Gasteiger partial charge in [0.1, 0.15) is 0 Å². The first-order valence-electron chi connectivity index (χ1n) is 2.60. The average Bonchev–Trinajstić information content (AvgIpc) is 1.89. The number of nitrogens with zero attached hydrogens (tertiary/aromatic N) is 1. The first-order chi connectivity index (χ1) is 4.31. The molecule has 0 bridgehead atoms. The zero-order valence-electron chi connectivity index (χ0n) is 5.08. The highest BCUT2D eigenvalue weighted by Gasteiger charge is 1.93. The summed E-state index contributed by atoms with van der Waals surface area (Å²) in [7, 11) is 0. The molecule has 0 aromatic carbocycles. The van der Waals surface area contributed by atoms with Crippen molar-refractivity contribution in [1.29, 1.82) is 5.26 Å². The third-order valence-electron chi connectivity index (χ3n) is 0.704. The van der Waals surface area contributed by atoms with Crippen LogP contribution in [-0.4, -0.2) is 18.0 Å². The van der Waals surface area contributed by atoms with Crippen LogP contribution in [0.15, 0.2) is 12.7 Å². The number of ether oxygens (including phenoxy) is 1. The number of nitriles is 1. The van der Waals surface area contributed by atoms with Crippen molar-refractivity contribution in [2.45, 2.75) is 12.7 Å². The van der Waals surface area contributed by atoms with E-state index < -0.39 is 6.29 Å². The van der Waals surface area contributed by atoms with Crippen LogP contribution in [0.25, 0.3) is 0 Å². The second-order valence-corrected chi connectivity index (χ2v) is 1.41. The largest absolute Gasteiger partial charge is 0.365 e. The lowest BCUT2D eigenvalue weighted by Crippen LogP contribution is -2.08. The van der Waals surface area contributed by atoms with Gasteiger partial charge < -0.3 is 9.84 Å². The lowest BCUT2D eigenvalue weighted by Gasteiger charge is -2.02. The lowest BCUT2D eigenvalue weighted by molar-refractivity contribution is -0.0616. The first-order valence-corrected chi connectivity index (χ1v) is 2.60. The van der Waals surface area contributed by atoms with Crippen LogP contribution in [-0.2, 0) is 4.74 Å². The first kappa shape index (κ1) is 8.15. The van der Waals surface area contributed by atoms with E-state index in [1.807, 2.05) is 6.07 Å². The Morgan fingerprint density at radius 2 is 2.56 bits per heavy atom. The fourth-order valence-corrected chi connectivity index (χ4v) is 0.293. The minimum absolute atomic E-state index is 0.254. The molecule has 0 aliphatic heterocycles. The Kier molecular flexibility index (Phi) is 4.79. The standard InChI is InChI=1S/C6H9NO2/c1-2-6(8)9-5-3-4-7/h2,6,8H,1,3,5H2/t6-/m1/s1.